The quantitative estimate of drug-likeness (QED) is 0.923. The van der Waals surface area contributed by atoms with E-state index in [1.165, 1.54) is 6.26 Å². The highest BCUT2D eigenvalue weighted by molar-refractivity contribution is 7.88. The second-order valence-electron chi connectivity index (χ2n) is 5.50. The van der Waals surface area contributed by atoms with Gasteiger partial charge >= 0.3 is 0 Å². The van der Waals surface area contributed by atoms with Crippen LogP contribution in [0.5, 0.6) is 0 Å². The van der Waals surface area contributed by atoms with Gasteiger partial charge in [-0.3, -0.25) is 10.1 Å². The van der Waals surface area contributed by atoms with Gasteiger partial charge in [-0.2, -0.15) is 5.10 Å². The first-order chi connectivity index (χ1) is 10.0. The van der Waals surface area contributed by atoms with Gasteiger partial charge < -0.3 is 0 Å². The van der Waals surface area contributed by atoms with E-state index in [9.17, 15) is 8.42 Å². The lowest BCUT2D eigenvalue weighted by atomic mass is 10.00. The molecule has 1 fully saturated rings. The molecule has 0 saturated carbocycles. The van der Waals surface area contributed by atoms with Crippen molar-refractivity contribution < 1.29 is 8.42 Å². The van der Waals surface area contributed by atoms with E-state index in [1.807, 2.05) is 24.4 Å². The third-order valence-electron chi connectivity index (χ3n) is 3.84. The minimum Gasteiger partial charge on any atom is -0.276 e. The minimum atomic E-state index is -3.06. The predicted octanol–water partition coefficient (Wildman–Crippen LogP) is 1.30. The topological polar surface area (TPSA) is 79.0 Å². The number of hydrogen-bond acceptors (Lipinski definition) is 4. The second-order valence-corrected chi connectivity index (χ2v) is 7.48. The SMILES string of the molecule is CS(=O)(=O)N1CC[C@@H](Cc2ccc(-c3ccn[nH]3)nc2)C1. The Morgan fingerprint density at radius 2 is 2.24 bits per heavy atom. The molecule has 0 bridgehead atoms. The van der Waals surface area contributed by atoms with E-state index in [4.69, 9.17) is 0 Å². The highest BCUT2D eigenvalue weighted by atomic mass is 32.2. The van der Waals surface area contributed by atoms with Crippen molar-refractivity contribution in [3.63, 3.8) is 0 Å². The Hall–Kier alpha value is -1.73. The molecule has 0 unspecified atom stereocenters. The molecule has 0 spiro atoms. The third-order valence-corrected chi connectivity index (χ3v) is 5.11. The summed E-state index contributed by atoms with van der Waals surface area (Å²) < 4.78 is 24.6. The maximum atomic E-state index is 11.5. The van der Waals surface area contributed by atoms with Crippen molar-refractivity contribution in [1.29, 1.82) is 0 Å². The predicted molar refractivity (Wildman–Crippen MR) is 80.0 cm³/mol. The van der Waals surface area contributed by atoms with Crippen molar-refractivity contribution in [2.75, 3.05) is 19.3 Å². The second kappa shape index (κ2) is 5.57. The molecule has 3 heterocycles. The molecule has 0 aromatic carbocycles. The molecule has 112 valence electrons. The zero-order valence-corrected chi connectivity index (χ0v) is 12.7. The maximum absolute atomic E-state index is 11.5. The van der Waals surface area contributed by atoms with Crippen LogP contribution in [0.1, 0.15) is 12.0 Å². The van der Waals surface area contributed by atoms with Crippen LogP contribution in [0.3, 0.4) is 0 Å². The summed E-state index contributed by atoms with van der Waals surface area (Å²) in [6.45, 7) is 1.24. The van der Waals surface area contributed by atoms with Gasteiger partial charge in [0, 0.05) is 25.5 Å². The van der Waals surface area contributed by atoms with Crippen LogP contribution < -0.4 is 0 Å². The summed E-state index contributed by atoms with van der Waals surface area (Å²) >= 11 is 0. The van der Waals surface area contributed by atoms with Gasteiger partial charge in [0.1, 0.15) is 0 Å². The minimum absolute atomic E-state index is 0.375. The summed E-state index contributed by atoms with van der Waals surface area (Å²) in [6.07, 6.45) is 6.61. The lowest BCUT2D eigenvalue weighted by Gasteiger charge is -2.13. The Morgan fingerprint density at radius 1 is 1.38 bits per heavy atom. The molecule has 2 aromatic heterocycles. The average Bonchev–Trinajstić information content (AvgIpc) is 3.09. The summed E-state index contributed by atoms with van der Waals surface area (Å²) in [5.41, 5.74) is 2.89. The Kier molecular flexibility index (Phi) is 3.77. The Bertz CT molecular complexity index is 695. The number of H-pyrrole nitrogens is 1. The summed E-state index contributed by atoms with van der Waals surface area (Å²) in [6, 6.07) is 5.89. The average molecular weight is 306 g/mol. The van der Waals surface area contributed by atoms with E-state index in [2.05, 4.69) is 15.2 Å². The van der Waals surface area contributed by atoms with Gasteiger partial charge in [0.2, 0.25) is 10.0 Å². The maximum Gasteiger partial charge on any atom is 0.211 e. The smallest absolute Gasteiger partial charge is 0.211 e. The van der Waals surface area contributed by atoms with Crippen LogP contribution in [-0.2, 0) is 16.4 Å². The van der Waals surface area contributed by atoms with Crippen LogP contribution >= 0.6 is 0 Å². The number of rotatable bonds is 4. The van der Waals surface area contributed by atoms with Crippen LogP contribution in [0.4, 0.5) is 0 Å². The monoisotopic (exact) mass is 306 g/mol. The van der Waals surface area contributed by atoms with Crippen molar-refractivity contribution in [2.45, 2.75) is 12.8 Å². The zero-order valence-electron chi connectivity index (χ0n) is 11.9. The Balaban J connectivity index is 1.64. The molecule has 0 radical (unpaired) electrons. The van der Waals surface area contributed by atoms with Gasteiger partial charge in [-0.1, -0.05) is 6.07 Å². The zero-order chi connectivity index (χ0) is 14.9. The summed E-state index contributed by atoms with van der Waals surface area (Å²) in [4.78, 5) is 4.43. The molecule has 1 saturated heterocycles. The Labute approximate surface area is 124 Å². The first kappa shape index (κ1) is 14.2. The van der Waals surface area contributed by atoms with Crippen molar-refractivity contribution in [2.24, 2.45) is 5.92 Å². The molecule has 0 aliphatic carbocycles. The van der Waals surface area contributed by atoms with E-state index < -0.39 is 10.0 Å². The summed E-state index contributed by atoms with van der Waals surface area (Å²) in [5, 5.41) is 6.79. The van der Waals surface area contributed by atoms with Gasteiger partial charge in [-0.05, 0) is 36.5 Å². The first-order valence-electron chi connectivity index (χ1n) is 6.92. The summed E-state index contributed by atoms with van der Waals surface area (Å²) in [7, 11) is -3.06. The highest BCUT2D eigenvalue weighted by Gasteiger charge is 2.28. The van der Waals surface area contributed by atoms with Gasteiger partial charge in [-0.15, -0.1) is 0 Å². The lowest BCUT2D eigenvalue weighted by molar-refractivity contribution is 0.460. The molecule has 1 aliphatic rings. The van der Waals surface area contributed by atoms with Crippen LogP contribution in [0.25, 0.3) is 11.4 Å². The largest absolute Gasteiger partial charge is 0.276 e. The van der Waals surface area contributed by atoms with Crippen LogP contribution in [0.2, 0.25) is 0 Å². The number of hydrogen-bond donors (Lipinski definition) is 1. The Morgan fingerprint density at radius 3 is 2.81 bits per heavy atom. The van der Waals surface area contributed by atoms with E-state index in [1.54, 1.807) is 10.5 Å². The molecule has 1 N–H and O–H groups in total. The fourth-order valence-corrected chi connectivity index (χ4v) is 3.62. The highest BCUT2D eigenvalue weighted by Crippen LogP contribution is 2.23. The van der Waals surface area contributed by atoms with Gasteiger partial charge in [-0.25, -0.2) is 12.7 Å². The van der Waals surface area contributed by atoms with Gasteiger partial charge in [0.25, 0.3) is 0 Å². The van der Waals surface area contributed by atoms with E-state index in [0.29, 0.717) is 19.0 Å². The van der Waals surface area contributed by atoms with Crippen molar-refractivity contribution in [3.05, 3.63) is 36.2 Å². The molecule has 6 nitrogen and oxygen atoms in total. The van der Waals surface area contributed by atoms with Crippen LogP contribution in [0, 0.1) is 5.92 Å². The number of pyridine rings is 1. The van der Waals surface area contributed by atoms with Crippen LogP contribution in [-0.4, -0.2) is 47.2 Å². The fourth-order valence-electron chi connectivity index (χ4n) is 2.70. The van der Waals surface area contributed by atoms with Gasteiger partial charge in [0.15, 0.2) is 0 Å². The normalized spacial score (nSPS) is 20.0. The standard InChI is InChI=1S/C14H18N4O2S/c1-21(19,20)18-7-5-12(10-18)8-11-2-3-13(15-9-11)14-4-6-16-17-14/h2-4,6,9,12H,5,7-8,10H2,1H3,(H,16,17)/t12-/m0/s1. The van der Waals surface area contributed by atoms with Crippen molar-refractivity contribution in [3.8, 4) is 11.4 Å². The molecule has 1 aliphatic heterocycles. The molecule has 21 heavy (non-hydrogen) atoms. The fraction of sp³-hybridized carbons (Fsp3) is 0.429. The van der Waals surface area contributed by atoms with Gasteiger partial charge in [0.05, 0.1) is 17.6 Å². The number of nitrogens with one attached hydrogen (secondary N) is 1. The molecular formula is C14H18N4O2S. The van der Waals surface area contributed by atoms with E-state index >= 15 is 0 Å². The van der Waals surface area contributed by atoms with Crippen molar-refractivity contribution >= 4 is 10.0 Å². The molecule has 1 atom stereocenters. The molecule has 7 heteroatoms. The molecule has 2 aromatic rings. The molecular weight excluding hydrogens is 288 g/mol. The number of sulfonamides is 1. The number of nitrogens with zero attached hydrogens (tertiary/aromatic N) is 3. The number of aromatic amines is 1. The molecule has 3 rings (SSSR count). The first-order valence-corrected chi connectivity index (χ1v) is 8.77. The van der Waals surface area contributed by atoms with Crippen molar-refractivity contribution in [1.82, 2.24) is 19.5 Å². The number of aromatic nitrogens is 3. The van der Waals surface area contributed by atoms with E-state index in [0.717, 1.165) is 29.8 Å². The molecule has 0 amide bonds. The van der Waals surface area contributed by atoms with E-state index in [-0.39, 0.29) is 0 Å². The lowest BCUT2D eigenvalue weighted by Crippen LogP contribution is -2.27. The summed E-state index contributed by atoms with van der Waals surface area (Å²) in [5.74, 6) is 0.375. The van der Waals surface area contributed by atoms with Crippen LogP contribution in [0.15, 0.2) is 30.6 Å². The third kappa shape index (κ3) is 3.30.